The molecule has 0 aromatic rings. The molecular formula is H2AlCrCuMgZn. The molecule has 5 heteroatoms. The van der Waals surface area contributed by atoms with E-state index in [1.807, 2.05) is 0 Å². The Hall–Kier alpha value is 2.97. The summed E-state index contributed by atoms with van der Waals surface area (Å²) in [5, 5.41) is 0. The van der Waals surface area contributed by atoms with Gasteiger partial charge >= 0.3 is 23.1 Å². The van der Waals surface area contributed by atoms with Crippen LogP contribution in [0.5, 0.6) is 0 Å². The van der Waals surface area contributed by atoms with E-state index >= 15 is 0 Å². The van der Waals surface area contributed by atoms with Crippen molar-refractivity contribution in [2.24, 2.45) is 0 Å². The van der Waals surface area contributed by atoms with E-state index in [-0.39, 0.29) is 94.3 Å². The standard InChI is InChI=1S/Al.Cr.Cu.Mg.Zn.2H. The van der Waals surface area contributed by atoms with Crippen molar-refractivity contribution in [3.63, 3.8) is 0 Å². The third kappa shape index (κ3) is 19.5. The third-order valence-electron chi connectivity index (χ3n) is 0. The normalized spacial score (nSPS) is 0. The monoisotopic (exact) mass is 232 g/mol. The molecule has 4 radical (unpaired) electrons. The molecule has 0 bridgehead atoms. The molecule has 0 N–H and O–H groups in total. The molecule has 0 aromatic carbocycles. The van der Waals surface area contributed by atoms with Gasteiger partial charge in [-0.25, -0.2) is 0 Å². The molecule has 0 spiro atoms. The Bertz CT molecular complexity index is 11.6. The van der Waals surface area contributed by atoms with Crippen LogP contribution in [-0.4, -0.2) is 40.4 Å². The maximum Gasteiger partial charge on any atom is 0.316 e. The second-order valence-electron chi connectivity index (χ2n) is 0. The van der Waals surface area contributed by atoms with Gasteiger partial charge < -0.3 is 0 Å². The summed E-state index contributed by atoms with van der Waals surface area (Å²) in [6.07, 6.45) is 0. The van der Waals surface area contributed by atoms with Gasteiger partial charge in [0.2, 0.25) is 0 Å². The van der Waals surface area contributed by atoms with Crippen LogP contribution < -0.4 is 0 Å². The molecule has 0 unspecified atom stereocenters. The predicted molar refractivity (Wildman–Crippen MR) is 14.3 cm³/mol. The molecule has 0 aliphatic rings. The van der Waals surface area contributed by atoms with Crippen molar-refractivity contribution in [2.75, 3.05) is 0 Å². The minimum absolute atomic E-state index is 0. The molecule has 0 nitrogen and oxygen atoms in total. The minimum atomic E-state index is 0. The van der Waals surface area contributed by atoms with Crippen LogP contribution in [0.1, 0.15) is 0 Å². The summed E-state index contributed by atoms with van der Waals surface area (Å²) < 4.78 is 0. The van der Waals surface area contributed by atoms with Crippen molar-refractivity contribution < 1.29 is 53.9 Å². The average molecular weight is 234 g/mol. The van der Waals surface area contributed by atoms with Gasteiger partial charge in [0.25, 0.3) is 0 Å². The molecule has 0 atom stereocenters. The first kappa shape index (κ1) is 43.8. The van der Waals surface area contributed by atoms with E-state index in [2.05, 4.69) is 0 Å². The van der Waals surface area contributed by atoms with Crippen LogP contribution in [0.4, 0.5) is 0 Å². The molecule has 0 rings (SSSR count). The molecule has 0 saturated heterocycles. The predicted octanol–water partition coefficient (Wildman–Crippen LogP) is -1.30. The second kappa shape index (κ2) is 28.1. The zero-order valence-corrected chi connectivity index (χ0v) is 8.33. The van der Waals surface area contributed by atoms with E-state index in [0.717, 1.165) is 0 Å². The van der Waals surface area contributed by atoms with Crippen LogP contribution >= 0.6 is 0 Å². The van der Waals surface area contributed by atoms with Crippen molar-refractivity contribution in [3.8, 4) is 0 Å². The maximum atomic E-state index is 0. The number of hydrogen-bond donors (Lipinski definition) is 0. The zero-order chi connectivity index (χ0) is 0. The van der Waals surface area contributed by atoms with Crippen LogP contribution in [-0.2, 0) is 53.9 Å². The van der Waals surface area contributed by atoms with Gasteiger partial charge in [0.05, 0.1) is 0 Å². The second-order valence-corrected chi connectivity index (χ2v) is 0. The van der Waals surface area contributed by atoms with Crippen molar-refractivity contribution >= 4 is 40.4 Å². The molecule has 0 heterocycles. The molecular weight excluding hydrogens is 232 g/mol. The first-order chi connectivity index (χ1) is 0. The Balaban J connectivity index is 0. The van der Waals surface area contributed by atoms with Crippen LogP contribution in [0, 0.1) is 0 Å². The summed E-state index contributed by atoms with van der Waals surface area (Å²) in [6.45, 7) is 0. The van der Waals surface area contributed by atoms with E-state index in [4.69, 9.17) is 0 Å². The van der Waals surface area contributed by atoms with Gasteiger partial charge in [-0.3, -0.25) is 0 Å². The molecule has 0 saturated carbocycles. The van der Waals surface area contributed by atoms with Crippen LogP contribution in [0.3, 0.4) is 0 Å². The Morgan fingerprint density at radius 3 is 1.00 bits per heavy atom. The fourth-order valence-electron chi connectivity index (χ4n) is 0. The molecule has 0 aliphatic carbocycles. The van der Waals surface area contributed by atoms with E-state index in [1.165, 1.54) is 0 Å². The average Bonchev–Trinajstić information content (AvgIpc) is 0. The van der Waals surface area contributed by atoms with Crippen LogP contribution in [0.15, 0.2) is 0 Å². The fraction of sp³-hybridized carbons (Fsp3) is 0. The van der Waals surface area contributed by atoms with Gasteiger partial charge in [-0.05, 0) is 0 Å². The van der Waals surface area contributed by atoms with Crippen molar-refractivity contribution in [1.29, 1.82) is 0 Å². The van der Waals surface area contributed by atoms with Crippen LogP contribution in [0.2, 0.25) is 0 Å². The molecule has 0 fully saturated rings. The smallest absolute Gasteiger partial charge is 0 e. The Kier molecular flexibility index (Phi) is 247. The first-order valence-corrected chi connectivity index (χ1v) is 0. The van der Waals surface area contributed by atoms with Gasteiger partial charge in [-0.1, -0.05) is 0 Å². The molecule has 26 valence electrons. The Morgan fingerprint density at radius 2 is 1.00 bits per heavy atom. The van der Waals surface area contributed by atoms with Gasteiger partial charge in [-0.15, -0.1) is 0 Å². The third-order valence-corrected chi connectivity index (χ3v) is 0. The summed E-state index contributed by atoms with van der Waals surface area (Å²) >= 11 is 0. The van der Waals surface area contributed by atoms with Gasteiger partial charge in [0.15, 0.2) is 0 Å². The fourth-order valence-corrected chi connectivity index (χ4v) is 0. The van der Waals surface area contributed by atoms with Crippen molar-refractivity contribution in [1.82, 2.24) is 0 Å². The largest absolute Gasteiger partial charge is 0.316 e. The quantitative estimate of drug-likeness (QED) is 0.457. The van der Waals surface area contributed by atoms with E-state index in [0.29, 0.717) is 0 Å². The van der Waals surface area contributed by atoms with Gasteiger partial charge in [-0.2, -0.15) is 0 Å². The Morgan fingerprint density at radius 1 is 1.00 bits per heavy atom. The van der Waals surface area contributed by atoms with Crippen LogP contribution in [0.25, 0.3) is 0 Å². The van der Waals surface area contributed by atoms with E-state index < -0.39 is 0 Å². The van der Waals surface area contributed by atoms with E-state index in [1.54, 1.807) is 0 Å². The molecule has 5 heavy (non-hydrogen) atoms. The topological polar surface area (TPSA) is 0 Å². The molecule has 0 aliphatic heterocycles. The summed E-state index contributed by atoms with van der Waals surface area (Å²) in [7, 11) is 0. The summed E-state index contributed by atoms with van der Waals surface area (Å²) in [4.78, 5) is 0. The minimum Gasteiger partial charge on any atom is 0 e. The summed E-state index contributed by atoms with van der Waals surface area (Å²) in [5.41, 5.74) is 0. The van der Waals surface area contributed by atoms with Gasteiger partial charge in [0.1, 0.15) is 0 Å². The van der Waals surface area contributed by atoms with E-state index in [9.17, 15) is 0 Å². The zero-order valence-electron chi connectivity index (χ0n) is 1.99. The molecule has 0 amide bonds. The van der Waals surface area contributed by atoms with Crippen molar-refractivity contribution in [2.45, 2.75) is 0 Å². The van der Waals surface area contributed by atoms with Crippen molar-refractivity contribution in [3.05, 3.63) is 0 Å². The summed E-state index contributed by atoms with van der Waals surface area (Å²) in [5.74, 6) is 0. The Labute approximate surface area is 92.9 Å². The maximum absolute atomic E-state index is 0. The number of hydrogen-bond acceptors (Lipinski definition) is 0. The SMILES string of the molecule is [Al].[Cr].[Cu].[MgH2].[Zn]. The first-order valence-electron chi connectivity index (χ1n) is 0. The summed E-state index contributed by atoms with van der Waals surface area (Å²) in [6, 6.07) is 0. The molecule has 0 aromatic heterocycles. The van der Waals surface area contributed by atoms with Gasteiger partial charge in [0, 0.05) is 71.3 Å². The number of rotatable bonds is 0.